The van der Waals surface area contributed by atoms with E-state index in [9.17, 15) is 4.79 Å². The van der Waals surface area contributed by atoms with E-state index < -0.39 is 0 Å². The second-order valence-electron chi connectivity index (χ2n) is 4.57. The highest BCUT2D eigenvalue weighted by Crippen LogP contribution is 2.10. The van der Waals surface area contributed by atoms with Gasteiger partial charge in [-0.3, -0.25) is 9.36 Å². The van der Waals surface area contributed by atoms with Gasteiger partial charge >= 0.3 is 0 Å². The minimum absolute atomic E-state index is 0.0110. The Bertz CT molecular complexity index is 535. The van der Waals surface area contributed by atoms with Crippen LogP contribution in [0.15, 0.2) is 37.1 Å². The summed E-state index contributed by atoms with van der Waals surface area (Å²) in [5.41, 5.74) is 0.696. The van der Waals surface area contributed by atoms with Gasteiger partial charge in [0.2, 0.25) is 5.91 Å². The molecule has 0 bridgehead atoms. The third kappa shape index (κ3) is 3.64. The van der Waals surface area contributed by atoms with Crippen LogP contribution in [0.3, 0.4) is 0 Å². The quantitative estimate of drug-likeness (QED) is 0.835. The molecule has 0 aliphatic heterocycles. The smallest absolute Gasteiger partial charge is 0.228 e. The first-order valence-electron chi connectivity index (χ1n) is 6.66. The van der Waals surface area contributed by atoms with Crippen LogP contribution in [-0.2, 0) is 4.79 Å². The number of aromatic nitrogens is 3. The Labute approximate surface area is 118 Å². The lowest BCUT2D eigenvalue weighted by atomic mass is 10.1. The van der Waals surface area contributed by atoms with Gasteiger partial charge in [-0.05, 0) is 18.7 Å². The van der Waals surface area contributed by atoms with Crippen LogP contribution in [-0.4, -0.2) is 33.5 Å². The van der Waals surface area contributed by atoms with Crippen LogP contribution in [0.5, 0.6) is 0 Å². The molecule has 0 aliphatic carbocycles. The highest BCUT2D eigenvalue weighted by Gasteiger charge is 2.12. The molecule has 0 saturated carbocycles. The van der Waals surface area contributed by atoms with Gasteiger partial charge in [0.1, 0.15) is 12.1 Å². The second-order valence-corrected chi connectivity index (χ2v) is 4.57. The molecule has 2 heterocycles. The Kier molecular flexibility index (Phi) is 4.84. The fourth-order valence-corrected chi connectivity index (χ4v) is 1.73. The van der Waals surface area contributed by atoms with Crippen molar-refractivity contribution < 1.29 is 4.79 Å². The molecule has 2 rings (SSSR count). The van der Waals surface area contributed by atoms with Crippen LogP contribution >= 0.6 is 0 Å². The standard InChI is InChI=1S/C14H19N5O/c1-3-15-8-11(2)14(20)18-12-4-5-13(17-9-12)19-7-6-16-10-19/h4-7,9-11,15H,3,8H2,1-2H3,(H,18,20). The van der Waals surface area contributed by atoms with Gasteiger partial charge in [-0.15, -0.1) is 0 Å². The number of hydrogen-bond acceptors (Lipinski definition) is 4. The molecular formula is C14H19N5O. The van der Waals surface area contributed by atoms with Gasteiger partial charge in [-0.2, -0.15) is 0 Å². The van der Waals surface area contributed by atoms with Gasteiger partial charge < -0.3 is 10.6 Å². The number of pyridine rings is 1. The minimum Gasteiger partial charge on any atom is -0.324 e. The number of nitrogens with one attached hydrogen (secondary N) is 2. The fraction of sp³-hybridized carbons (Fsp3) is 0.357. The minimum atomic E-state index is -0.0803. The normalized spacial score (nSPS) is 12.1. The van der Waals surface area contributed by atoms with Gasteiger partial charge in [0.05, 0.1) is 11.9 Å². The van der Waals surface area contributed by atoms with Crippen LogP contribution in [0, 0.1) is 5.92 Å². The van der Waals surface area contributed by atoms with Crippen molar-refractivity contribution in [3.05, 3.63) is 37.1 Å². The zero-order valence-electron chi connectivity index (χ0n) is 11.7. The first-order valence-corrected chi connectivity index (χ1v) is 6.66. The van der Waals surface area contributed by atoms with Crippen molar-refractivity contribution in [1.82, 2.24) is 19.9 Å². The number of carbonyl (C=O) groups is 1. The Morgan fingerprint density at radius 1 is 1.45 bits per heavy atom. The Morgan fingerprint density at radius 2 is 2.30 bits per heavy atom. The van der Waals surface area contributed by atoms with E-state index in [2.05, 4.69) is 20.6 Å². The summed E-state index contributed by atoms with van der Waals surface area (Å²) >= 11 is 0. The largest absolute Gasteiger partial charge is 0.324 e. The summed E-state index contributed by atoms with van der Waals surface area (Å²) < 4.78 is 1.80. The average Bonchev–Trinajstić information content (AvgIpc) is 2.99. The third-order valence-electron chi connectivity index (χ3n) is 2.93. The van der Waals surface area contributed by atoms with Crippen LogP contribution < -0.4 is 10.6 Å². The van der Waals surface area contributed by atoms with E-state index in [-0.39, 0.29) is 11.8 Å². The summed E-state index contributed by atoms with van der Waals surface area (Å²) in [7, 11) is 0. The third-order valence-corrected chi connectivity index (χ3v) is 2.93. The van der Waals surface area contributed by atoms with Crippen molar-refractivity contribution in [3.63, 3.8) is 0 Å². The number of nitrogens with zero attached hydrogens (tertiary/aromatic N) is 3. The van der Waals surface area contributed by atoms with Gasteiger partial charge in [0, 0.05) is 24.9 Å². The summed E-state index contributed by atoms with van der Waals surface area (Å²) in [6, 6.07) is 3.67. The Hall–Kier alpha value is -2.21. The van der Waals surface area contributed by atoms with Crippen molar-refractivity contribution in [2.24, 2.45) is 5.92 Å². The van der Waals surface area contributed by atoms with Crippen molar-refractivity contribution in [2.45, 2.75) is 13.8 Å². The molecule has 0 radical (unpaired) electrons. The highest BCUT2D eigenvalue weighted by atomic mass is 16.1. The van der Waals surface area contributed by atoms with E-state index in [1.807, 2.05) is 32.2 Å². The topological polar surface area (TPSA) is 71.8 Å². The van der Waals surface area contributed by atoms with Crippen LogP contribution in [0.1, 0.15) is 13.8 Å². The molecule has 0 spiro atoms. The average molecular weight is 273 g/mol. The zero-order chi connectivity index (χ0) is 14.4. The summed E-state index contributed by atoms with van der Waals surface area (Å²) in [6.45, 7) is 5.44. The Balaban J connectivity index is 1.95. The number of amides is 1. The summed E-state index contributed by atoms with van der Waals surface area (Å²) in [4.78, 5) is 20.2. The number of imidazole rings is 1. The molecule has 6 heteroatoms. The van der Waals surface area contributed by atoms with Crippen LogP contribution in [0.25, 0.3) is 5.82 Å². The lowest BCUT2D eigenvalue weighted by Gasteiger charge is -2.12. The number of hydrogen-bond donors (Lipinski definition) is 2. The summed E-state index contributed by atoms with van der Waals surface area (Å²) in [5, 5.41) is 6.01. The second kappa shape index (κ2) is 6.81. The molecule has 106 valence electrons. The molecule has 1 amide bonds. The van der Waals surface area contributed by atoms with E-state index in [0.29, 0.717) is 12.2 Å². The van der Waals surface area contributed by atoms with E-state index in [1.54, 1.807) is 23.3 Å². The van der Waals surface area contributed by atoms with E-state index in [1.165, 1.54) is 0 Å². The van der Waals surface area contributed by atoms with Crippen LogP contribution in [0.2, 0.25) is 0 Å². The lowest BCUT2D eigenvalue weighted by molar-refractivity contribution is -0.119. The van der Waals surface area contributed by atoms with Crippen molar-refractivity contribution in [3.8, 4) is 5.82 Å². The van der Waals surface area contributed by atoms with Gasteiger partial charge in [0.25, 0.3) is 0 Å². The molecule has 0 aromatic carbocycles. The molecule has 0 aliphatic rings. The maximum absolute atomic E-state index is 11.9. The van der Waals surface area contributed by atoms with Gasteiger partial charge in [-0.25, -0.2) is 9.97 Å². The SMILES string of the molecule is CCNCC(C)C(=O)Nc1ccc(-n2ccnc2)nc1. The maximum atomic E-state index is 11.9. The molecule has 0 saturated heterocycles. The molecule has 0 fully saturated rings. The lowest BCUT2D eigenvalue weighted by Crippen LogP contribution is -2.30. The summed E-state index contributed by atoms with van der Waals surface area (Å²) in [5.74, 6) is 0.674. The van der Waals surface area contributed by atoms with Crippen LogP contribution in [0.4, 0.5) is 5.69 Å². The molecule has 20 heavy (non-hydrogen) atoms. The first-order chi connectivity index (χ1) is 9.70. The maximum Gasteiger partial charge on any atom is 0.228 e. The van der Waals surface area contributed by atoms with Gasteiger partial charge in [-0.1, -0.05) is 13.8 Å². The summed E-state index contributed by atoms with van der Waals surface area (Å²) in [6.07, 6.45) is 6.84. The number of carbonyl (C=O) groups excluding carboxylic acids is 1. The van der Waals surface area contributed by atoms with Crippen molar-refractivity contribution in [1.29, 1.82) is 0 Å². The van der Waals surface area contributed by atoms with Crippen molar-refractivity contribution >= 4 is 11.6 Å². The first kappa shape index (κ1) is 14.2. The Morgan fingerprint density at radius 3 is 2.90 bits per heavy atom. The molecular weight excluding hydrogens is 254 g/mol. The fourth-order valence-electron chi connectivity index (χ4n) is 1.73. The van der Waals surface area contributed by atoms with E-state index in [4.69, 9.17) is 0 Å². The predicted molar refractivity (Wildman–Crippen MR) is 77.7 cm³/mol. The highest BCUT2D eigenvalue weighted by molar-refractivity contribution is 5.92. The predicted octanol–water partition coefficient (Wildman–Crippen LogP) is 1.45. The van der Waals surface area contributed by atoms with Crippen molar-refractivity contribution in [2.75, 3.05) is 18.4 Å². The number of anilines is 1. The van der Waals surface area contributed by atoms with E-state index in [0.717, 1.165) is 12.4 Å². The van der Waals surface area contributed by atoms with E-state index >= 15 is 0 Å². The zero-order valence-corrected chi connectivity index (χ0v) is 11.7. The molecule has 1 atom stereocenters. The monoisotopic (exact) mass is 273 g/mol. The molecule has 1 unspecified atom stereocenters. The number of rotatable bonds is 6. The molecule has 2 aromatic rings. The molecule has 2 aromatic heterocycles. The van der Waals surface area contributed by atoms with Gasteiger partial charge in [0.15, 0.2) is 0 Å². The molecule has 6 nitrogen and oxygen atoms in total. The molecule has 2 N–H and O–H groups in total.